The highest BCUT2D eigenvalue weighted by Crippen LogP contribution is 2.11. The zero-order valence-electron chi connectivity index (χ0n) is 6.88. The largest absolute Gasteiger partial charge is 0.328 e. The van der Waals surface area contributed by atoms with Gasteiger partial charge < -0.3 is 5.73 Å². The van der Waals surface area contributed by atoms with Crippen LogP contribution in [-0.4, -0.2) is 28.0 Å². The molecular formula is C6H11NO4S2. The predicted octanol–water partition coefficient (Wildman–Crippen LogP) is -0.612. The number of rotatable bonds is 5. The van der Waals surface area contributed by atoms with Crippen LogP contribution in [-0.2, 0) is 19.7 Å². The van der Waals surface area contributed by atoms with Crippen molar-refractivity contribution < 1.29 is 16.8 Å². The molecule has 0 aromatic heterocycles. The SMILES string of the molecule is C=CS(=O)(=O)C(CN)S(=O)(=O)C=C. The minimum atomic E-state index is -3.90. The van der Waals surface area contributed by atoms with Gasteiger partial charge in [-0.1, -0.05) is 13.2 Å². The van der Waals surface area contributed by atoms with Crippen molar-refractivity contribution in [3.05, 3.63) is 24.0 Å². The van der Waals surface area contributed by atoms with Crippen molar-refractivity contribution in [3.8, 4) is 0 Å². The molecule has 0 aliphatic heterocycles. The van der Waals surface area contributed by atoms with E-state index in [0.29, 0.717) is 10.8 Å². The van der Waals surface area contributed by atoms with E-state index in [2.05, 4.69) is 13.2 Å². The summed E-state index contributed by atoms with van der Waals surface area (Å²) in [5.41, 5.74) is 5.04. The van der Waals surface area contributed by atoms with Crippen LogP contribution in [0.3, 0.4) is 0 Å². The quantitative estimate of drug-likeness (QED) is 0.673. The molecule has 0 rings (SSSR count). The Hall–Kier alpha value is -0.660. The molecule has 0 amide bonds. The van der Waals surface area contributed by atoms with Crippen LogP contribution in [0, 0.1) is 0 Å². The van der Waals surface area contributed by atoms with Gasteiger partial charge in [0.05, 0.1) is 0 Å². The molecule has 0 atom stereocenters. The molecule has 0 aliphatic rings. The van der Waals surface area contributed by atoms with Gasteiger partial charge in [0.2, 0.25) is 0 Å². The maximum atomic E-state index is 11.1. The van der Waals surface area contributed by atoms with Gasteiger partial charge in [0.1, 0.15) is 0 Å². The third-order valence-electron chi connectivity index (χ3n) is 1.39. The standard InChI is InChI=1S/C6H11NO4S2/c1-3-12(8,9)6(5-7)13(10,11)4-2/h3-4,6H,1-2,5,7H2. The normalized spacial score (nSPS) is 12.8. The first kappa shape index (κ1) is 12.3. The maximum absolute atomic E-state index is 11.1. The molecule has 0 radical (unpaired) electrons. The molecule has 0 aromatic rings. The summed E-state index contributed by atoms with van der Waals surface area (Å²) in [5.74, 6) is 0. The lowest BCUT2D eigenvalue weighted by Gasteiger charge is -2.10. The highest BCUT2D eigenvalue weighted by atomic mass is 32.3. The molecule has 0 unspecified atom stereocenters. The fourth-order valence-corrected chi connectivity index (χ4v) is 3.60. The third-order valence-corrected chi connectivity index (χ3v) is 5.78. The Morgan fingerprint density at radius 1 is 1.08 bits per heavy atom. The van der Waals surface area contributed by atoms with Crippen LogP contribution in [0.15, 0.2) is 24.0 Å². The second kappa shape index (κ2) is 4.03. The fraction of sp³-hybridized carbons (Fsp3) is 0.333. The van der Waals surface area contributed by atoms with Crippen LogP contribution in [0.5, 0.6) is 0 Å². The smallest absolute Gasteiger partial charge is 0.189 e. The molecule has 0 fully saturated rings. The summed E-state index contributed by atoms with van der Waals surface area (Å²) >= 11 is 0. The Labute approximate surface area is 77.8 Å². The molecule has 13 heavy (non-hydrogen) atoms. The van der Waals surface area contributed by atoms with Crippen molar-refractivity contribution in [2.24, 2.45) is 5.73 Å². The molecular weight excluding hydrogens is 214 g/mol. The Bertz CT molecular complexity index is 354. The lowest BCUT2D eigenvalue weighted by molar-refractivity contribution is 0.584. The molecule has 0 spiro atoms. The summed E-state index contributed by atoms with van der Waals surface area (Å²) in [7, 11) is -7.80. The van der Waals surface area contributed by atoms with Crippen LogP contribution in [0.1, 0.15) is 0 Å². The van der Waals surface area contributed by atoms with E-state index in [4.69, 9.17) is 5.73 Å². The molecule has 0 heterocycles. The van der Waals surface area contributed by atoms with E-state index < -0.39 is 30.8 Å². The monoisotopic (exact) mass is 225 g/mol. The van der Waals surface area contributed by atoms with Gasteiger partial charge >= 0.3 is 0 Å². The lowest BCUT2D eigenvalue weighted by atomic mass is 10.8. The van der Waals surface area contributed by atoms with Crippen molar-refractivity contribution in [2.75, 3.05) is 6.54 Å². The zero-order valence-corrected chi connectivity index (χ0v) is 8.51. The fourth-order valence-electron chi connectivity index (χ4n) is 0.670. The minimum absolute atomic E-state index is 0.511. The molecule has 76 valence electrons. The van der Waals surface area contributed by atoms with Crippen LogP contribution in [0.2, 0.25) is 0 Å². The molecule has 5 nitrogen and oxygen atoms in total. The van der Waals surface area contributed by atoms with E-state index >= 15 is 0 Å². The number of hydrogen-bond acceptors (Lipinski definition) is 5. The van der Waals surface area contributed by atoms with Gasteiger partial charge in [0.15, 0.2) is 24.3 Å². The van der Waals surface area contributed by atoms with E-state index in [1.807, 2.05) is 0 Å². The first-order valence-corrected chi connectivity index (χ1v) is 6.46. The molecule has 0 saturated heterocycles. The van der Waals surface area contributed by atoms with E-state index in [0.717, 1.165) is 0 Å². The van der Waals surface area contributed by atoms with Crippen molar-refractivity contribution in [1.82, 2.24) is 0 Å². The summed E-state index contributed by atoms with van der Waals surface area (Å²) in [4.78, 5) is 0. The second-order valence-corrected chi connectivity index (χ2v) is 6.64. The van der Waals surface area contributed by atoms with Crippen molar-refractivity contribution in [3.63, 3.8) is 0 Å². The summed E-state index contributed by atoms with van der Waals surface area (Å²) in [5, 5.41) is 1.15. The summed E-state index contributed by atoms with van der Waals surface area (Å²) < 4.78 is 42.8. The van der Waals surface area contributed by atoms with E-state index in [-0.39, 0.29) is 0 Å². The van der Waals surface area contributed by atoms with Gasteiger partial charge in [-0.25, -0.2) is 16.8 Å². The lowest BCUT2D eigenvalue weighted by Crippen LogP contribution is -2.34. The average Bonchev–Trinajstić information content (AvgIpc) is 2.05. The van der Waals surface area contributed by atoms with Gasteiger partial charge in [-0.05, 0) is 0 Å². The predicted molar refractivity (Wildman–Crippen MR) is 51.1 cm³/mol. The summed E-state index contributed by atoms with van der Waals surface area (Å²) in [6, 6.07) is 0. The molecule has 0 saturated carbocycles. The minimum Gasteiger partial charge on any atom is -0.328 e. The van der Waals surface area contributed by atoms with Crippen LogP contribution in [0.25, 0.3) is 0 Å². The van der Waals surface area contributed by atoms with Crippen LogP contribution >= 0.6 is 0 Å². The molecule has 2 N–H and O–H groups in total. The number of nitrogens with two attached hydrogens (primary N) is 1. The number of sulfone groups is 2. The topological polar surface area (TPSA) is 94.3 Å². The molecule has 7 heteroatoms. The first-order valence-electron chi connectivity index (χ1n) is 3.24. The molecule has 0 aromatic carbocycles. The van der Waals surface area contributed by atoms with Crippen molar-refractivity contribution in [2.45, 2.75) is 4.58 Å². The second-order valence-electron chi connectivity index (χ2n) is 2.18. The van der Waals surface area contributed by atoms with Gasteiger partial charge in [-0.3, -0.25) is 0 Å². The van der Waals surface area contributed by atoms with Gasteiger partial charge in [0, 0.05) is 17.4 Å². The van der Waals surface area contributed by atoms with Crippen molar-refractivity contribution >= 4 is 19.7 Å². The first-order chi connectivity index (χ1) is 5.81. The van der Waals surface area contributed by atoms with Gasteiger partial charge in [0.25, 0.3) is 0 Å². The number of hydrogen-bond donors (Lipinski definition) is 1. The Balaban J connectivity index is 5.42. The van der Waals surface area contributed by atoms with Crippen molar-refractivity contribution in [1.29, 1.82) is 0 Å². The molecule has 0 bridgehead atoms. The highest BCUT2D eigenvalue weighted by molar-refractivity contribution is 8.11. The van der Waals surface area contributed by atoms with E-state index in [9.17, 15) is 16.8 Å². The maximum Gasteiger partial charge on any atom is 0.189 e. The van der Waals surface area contributed by atoms with Crippen LogP contribution in [0.4, 0.5) is 0 Å². The highest BCUT2D eigenvalue weighted by Gasteiger charge is 2.32. The Kier molecular flexibility index (Phi) is 3.83. The zero-order chi connectivity index (χ0) is 10.7. The van der Waals surface area contributed by atoms with Gasteiger partial charge in [-0.15, -0.1) is 0 Å². The summed E-state index contributed by atoms with van der Waals surface area (Å²) in [6.07, 6.45) is 0. The van der Waals surface area contributed by atoms with E-state index in [1.54, 1.807) is 0 Å². The van der Waals surface area contributed by atoms with Crippen LogP contribution < -0.4 is 5.73 Å². The van der Waals surface area contributed by atoms with Gasteiger partial charge in [-0.2, -0.15) is 0 Å². The molecule has 0 aliphatic carbocycles. The summed E-state index contributed by atoms with van der Waals surface area (Å²) in [6.45, 7) is 5.50. The van der Waals surface area contributed by atoms with E-state index in [1.165, 1.54) is 0 Å². The third kappa shape index (κ3) is 2.64. The Morgan fingerprint density at radius 3 is 1.54 bits per heavy atom. The average molecular weight is 225 g/mol. The Morgan fingerprint density at radius 2 is 1.38 bits per heavy atom.